The summed E-state index contributed by atoms with van der Waals surface area (Å²) in [5.74, 6) is 0.821. The van der Waals surface area contributed by atoms with E-state index < -0.39 is 0 Å². The van der Waals surface area contributed by atoms with Crippen molar-refractivity contribution in [1.82, 2.24) is 19.7 Å². The minimum absolute atomic E-state index is 0.101. The van der Waals surface area contributed by atoms with Crippen LogP contribution in [0.2, 0.25) is 0 Å². The van der Waals surface area contributed by atoms with Crippen molar-refractivity contribution in [1.29, 1.82) is 0 Å². The lowest BCUT2D eigenvalue weighted by Gasteiger charge is -2.09. The van der Waals surface area contributed by atoms with Crippen LogP contribution in [-0.2, 0) is 13.0 Å². The van der Waals surface area contributed by atoms with Crippen molar-refractivity contribution in [3.8, 4) is 0 Å². The minimum atomic E-state index is -0.101. The molecule has 1 atom stereocenters. The van der Waals surface area contributed by atoms with E-state index in [0.717, 1.165) is 30.2 Å². The van der Waals surface area contributed by atoms with Crippen molar-refractivity contribution >= 4 is 0 Å². The highest BCUT2D eigenvalue weighted by atomic mass is 15.3. The van der Waals surface area contributed by atoms with Crippen LogP contribution in [0.3, 0.4) is 0 Å². The number of nitrogens with two attached hydrogens (primary N) is 1. The summed E-state index contributed by atoms with van der Waals surface area (Å²) in [5, 5.41) is 4.39. The molecule has 0 aliphatic rings. The number of nitrogens with one attached hydrogen (secondary N) is 1. The zero-order valence-electron chi connectivity index (χ0n) is 9.64. The summed E-state index contributed by atoms with van der Waals surface area (Å²) in [5.41, 5.74) is 8.26. The van der Waals surface area contributed by atoms with Crippen molar-refractivity contribution < 1.29 is 0 Å². The number of hydrogen-bond acceptors (Lipinski definition) is 3. The highest BCUT2D eigenvalue weighted by Gasteiger charge is 2.12. The molecule has 2 aromatic heterocycles. The van der Waals surface area contributed by atoms with E-state index in [2.05, 4.69) is 28.1 Å². The van der Waals surface area contributed by atoms with Crippen LogP contribution < -0.4 is 5.73 Å². The van der Waals surface area contributed by atoms with Crippen molar-refractivity contribution in [3.05, 3.63) is 35.7 Å². The number of hydrogen-bond donors (Lipinski definition) is 2. The summed E-state index contributed by atoms with van der Waals surface area (Å²) in [6.45, 7) is 4.94. The molecule has 5 heteroatoms. The van der Waals surface area contributed by atoms with E-state index in [1.54, 1.807) is 12.4 Å². The highest BCUT2D eigenvalue weighted by Crippen LogP contribution is 2.13. The predicted octanol–water partition coefficient (Wildman–Crippen LogP) is 1.18. The van der Waals surface area contributed by atoms with Gasteiger partial charge in [0.1, 0.15) is 5.82 Å². The lowest BCUT2D eigenvalue weighted by Crippen LogP contribution is -2.17. The van der Waals surface area contributed by atoms with E-state index in [1.165, 1.54) is 0 Å². The van der Waals surface area contributed by atoms with Crippen LogP contribution >= 0.6 is 0 Å². The Balaban J connectivity index is 2.14. The molecule has 2 heterocycles. The lowest BCUT2D eigenvalue weighted by molar-refractivity contribution is 0.577. The fraction of sp³-hybridized carbons (Fsp3) is 0.455. The molecule has 0 aliphatic heterocycles. The number of aryl methyl sites for hydroxylation is 2. The van der Waals surface area contributed by atoms with Gasteiger partial charge in [-0.25, -0.2) is 4.98 Å². The number of imidazole rings is 1. The Bertz CT molecular complexity index is 443. The second-order valence-electron chi connectivity index (χ2n) is 3.88. The van der Waals surface area contributed by atoms with Crippen molar-refractivity contribution in [2.45, 2.75) is 32.9 Å². The van der Waals surface area contributed by atoms with Crippen LogP contribution in [-0.4, -0.2) is 19.7 Å². The molecule has 5 nitrogen and oxygen atoms in total. The maximum atomic E-state index is 6.07. The maximum absolute atomic E-state index is 6.07. The van der Waals surface area contributed by atoms with E-state index in [-0.39, 0.29) is 6.04 Å². The molecule has 1 unspecified atom stereocenters. The van der Waals surface area contributed by atoms with Gasteiger partial charge in [0.15, 0.2) is 0 Å². The fourth-order valence-electron chi connectivity index (χ4n) is 1.84. The van der Waals surface area contributed by atoms with Gasteiger partial charge in [-0.1, -0.05) is 0 Å². The SMILES string of the molecule is CCn1nc(C)cc1CC(N)c1ncc[nH]1. The van der Waals surface area contributed by atoms with Crippen LogP contribution in [0.4, 0.5) is 0 Å². The Morgan fingerprint density at radius 3 is 3.00 bits per heavy atom. The van der Waals surface area contributed by atoms with Gasteiger partial charge in [0.05, 0.1) is 11.7 Å². The molecule has 0 aliphatic carbocycles. The van der Waals surface area contributed by atoms with Crippen LogP contribution in [0.15, 0.2) is 18.5 Å². The van der Waals surface area contributed by atoms with Crippen LogP contribution in [0.25, 0.3) is 0 Å². The molecular weight excluding hydrogens is 202 g/mol. The Kier molecular flexibility index (Phi) is 3.05. The molecular formula is C11H17N5. The third-order valence-electron chi connectivity index (χ3n) is 2.58. The third kappa shape index (κ3) is 2.14. The Morgan fingerprint density at radius 1 is 1.56 bits per heavy atom. The van der Waals surface area contributed by atoms with E-state index in [4.69, 9.17) is 5.73 Å². The Labute approximate surface area is 94.7 Å². The average molecular weight is 219 g/mol. The van der Waals surface area contributed by atoms with Crippen LogP contribution in [0.5, 0.6) is 0 Å². The molecule has 0 radical (unpaired) electrons. The van der Waals surface area contributed by atoms with Crippen molar-refractivity contribution in [3.63, 3.8) is 0 Å². The van der Waals surface area contributed by atoms with Crippen LogP contribution in [0.1, 0.15) is 30.2 Å². The van der Waals surface area contributed by atoms with Gasteiger partial charge in [0, 0.05) is 31.1 Å². The summed E-state index contributed by atoms with van der Waals surface area (Å²) >= 11 is 0. The number of rotatable bonds is 4. The monoisotopic (exact) mass is 219 g/mol. The molecule has 0 bridgehead atoms. The first-order chi connectivity index (χ1) is 7.70. The summed E-state index contributed by atoms with van der Waals surface area (Å²) in [6.07, 6.45) is 4.26. The fourth-order valence-corrected chi connectivity index (χ4v) is 1.84. The summed E-state index contributed by atoms with van der Waals surface area (Å²) in [4.78, 5) is 7.20. The van der Waals surface area contributed by atoms with E-state index >= 15 is 0 Å². The molecule has 0 amide bonds. The minimum Gasteiger partial charge on any atom is -0.347 e. The maximum Gasteiger partial charge on any atom is 0.123 e. The molecule has 2 aromatic rings. The number of aromatic amines is 1. The van der Waals surface area contributed by atoms with Gasteiger partial charge in [-0.3, -0.25) is 4.68 Å². The van der Waals surface area contributed by atoms with E-state index in [0.29, 0.717) is 0 Å². The van der Waals surface area contributed by atoms with Gasteiger partial charge < -0.3 is 10.7 Å². The lowest BCUT2D eigenvalue weighted by atomic mass is 10.1. The molecule has 0 saturated heterocycles. The second kappa shape index (κ2) is 4.49. The first kappa shape index (κ1) is 10.9. The largest absolute Gasteiger partial charge is 0.347 e. The summed E-state index contributed by atoms with van der Waals surface area (Å²) in [7, 11) is 0. The summed E-state index contributed by atoms with van der Waals surface area (Å²) in [6, 6.07) is 1.98. The quantitative estimate of drug-likeness (QED) is 0.811. The number of aromatic nitrogens is 4. The molecule has 0 aromatic carbocycles. The zero-order valence-corrected chi connectivity index (χ0v) is 9.64. The third-order valence-corrected chi connectivity index (χ3v) is 2.58. The topological polar surface area (TPSA) is 72.5 Å². The Hall–Kier alpha value is -1.62. The van der Waals surface area contributed by atoms with Gasteiger partial charge in [-0.2, -0.15) is 5.10 Å². The zero-order chi connectivity index (χ0) is 11.5. The molecule has 3 N–H and O–H groups in total. The first-order valence-corrected chi connectivity index (χ1v) is 5.49. The van der Waals surface area contributed by atoms with Gasteiger partial charge in [0.25, 0.3) is 0 Å². The molecule has 0 saturated carbocycles. The van der Waals surface area contributed by atoms with Gasteiger partial charge >= 0.3 is 0 Å². The second-order valence-corrected chi connectivity index (χ2v) is 3.88. The molecule has 0 spiro atoms. The molecule has 16 heavy (non-hydrogen) atoms. The van der Waals surface area contributed by atoms with Gasteiger partial charge in [-0.05, 0) is 19.9 Å². The number of H-pyrrole nitrogens is 1. The molecule has 0 fully saturated rings. The standard InChI is InChI=1S/C11H17N5/c1-3-16-9(6-8(2)15-16)7-10(12)11-13-4-5-14-11/h4-6,10H,3,7,12H2,1-2H3,(H,13,14). The van der Waals surface area contributed by atoms with Crippen molar-refractivity contribution in [2.75, 3.05) is 0 Å². The Morgan fingerprint density at radius 2 is 2.38 bits per heavy atom. The summed E-state index contributed by atoms with van der Waals surface area (Å²) < 4.78 is 1.98. The molecule has 86 valence electrons. The van der Waals surface area contributed by atoms with Crippen molar-refractivity contribution in [2.24, 2.45) is 5.73 Å². The molecule has 2 rings (SSSR count). The van der Waals surface area contributed by atoms with E-state index in [1.807, 2.05) is 11.6 Å². The van der Waals surface area contributed by atoms with E-state index in [9.17, 15) is 0 Å². The van der Waals surface area contributed by atoms with Gasteiger partial charge in [0.2, 0.25) is 0 Å². The first-order valence-electron chi connectivity index (χ1n) is 5.49. The normalized spacial score (nSPS) is 12.9. The van der Waals surface area contributed by atoms with Crippen LogP contribution in [0, 0.1) is 6.92 Å². The van der Waals surface area contributed by atoms with Gasteiger partial charge in [-0.15, -0.1) is 0 Å². The highest BCUT2D eigenvalue weighted by molar-refractivity contribution is 5.12. The number of nitrogens with zero attached hydrogens (tertiary/aromatic N) is 3. The predicted molar refractivity (Wildman–Crippen MR) is 61.9 cm³/mol. The average Bonchev–Trinajstić information content (AvgIpc) is 2.87. The smallest absolute Gasteiger partial charge is 0.123 e.